The second-order valence-electron chi connectivity index (χ2n) is 5.42. The maximum atomic E-state index is 13.4. The number of nitrogens with one attached hydrogen (secondary N) is 1. The summed E-state index contributed by atoms with van der Waals surface area (Å²) in [4.78, 5) is 11.8. The van der Waals surface area contributed by atoms with Crippen LogP contribution < -0.4 is 5.32 Å². The van der Waals surface area contributed by atoms with Crippen molar-refractivity contribution in [2.24, 2.45) is 0 Å². The molecule has 2 aromatic rings. The fraction of sp³-hybridized carbons (Fsp3) is 0.235. The van der Waals surface area contributed by atoms with Gasteiger partial charge in [-0.25, -0.2) is 4.39 Å². The van der Waals surface area contributed by atoms with E-state index in [4.69, 9.17) is 23.2 Å². The van der Waals surface area contributed by atoms with Crippen molar-refractivity contribution in [1.82, 2.24) is 5.32 Å². The van der Waals surface area contributed by atoms with E-state index >= 15 is 0 Å². The Bertz CT molecular complexity index is 702. The van der Waals surface area contributed by atoms with Crippen LogP contribution in [0, 0.1) is 5.82 Å². The van der Waals surface area contributed by atoms with Gasteiger partial charge in [-0.15, -0.1) is 0 Å². The summed E-state index contributed by atoms with van der Waals surface area (Å²) in [5, 5.41) is 3.76. The van der Waals surface area contributed by atoms with Crippen molar-refractivity contribution in [3.63, 3.8) is 0 Å². The first kappa shape index (κ1) is 15.3. The van der Waals surface area contributed by atoms with Crippen LogP contribution in [0.3, 0.4) is 0 Å². The van der Waals surface area contributed by atoms with Crippen molar-refractivity contribution in [3.05, 3.63) is 69.5 Å². The number of carbonyl (C=O) groups is 1. The van der Waals surface area contributed by atoms with Gasteiger partial charge in [0.25, 0.3) is 0 Å². The molecule has 1 aliphatic rings. The third-order valence-electron chi connectivity index (χ3n) is 4.00. The number of rotatable bonds is 2. The zero-order chi connectivity index (χ0) is 15.7. The van der Waals surface area contributed by atoms with Crippen LogP contribution in [0.25, 0.3) is 0 Å². The Morgan fingerprint density at radius 2 is 1.73 bits per heavy atom. The SMILES string of the molecule is O=C1CCC(c2ccc(F)c(Cl)c2)[C@@H](c2ccc(Cl)cc2)N1. The summed E-state index contributed by atoms with van der Waals surface area (Å²) in [5.74, 6) is -0.366. The highest BCUT2D eigenvalue weighted by molar-refractivity contribution is 6.31. The molecule has 1 fully saturated rings. The lowest BCUT2D eigenvalue weighted by atomic mass is 9.81. The van der Waals surface area contributed by atoms with E-state index in [2.05, 4.69) is 5.32 Å². The first-order chi connectivity index (χ1) is 10.5. The third kappa shape index (κ3) is 3.11. The molecule has 114 valence electrons. The van der Waals surface area contributed by atoms with Gasteiger partial charge in [0.2, 0.25) is 5.91 Å². The van der Waals surface area contributed by atoms with E-state index in [0.717, 1.165) is 11.1 Å². The van der Waals surface area contributed by atoms with Crippen LogP contribution in [0.15, 0.2) is 42.5 Å². The summed E-state index contributed by atoms with van der Waals surface area (Å²) < 4.78 is 13.4. The maximum absolute atomic E-state index is 13.4. The van der Waals surface area contributed by atoms with E-state index in [1.807, 2.05) is 12.1 Å². The molecule has 5 heteroatoms. The molecule has 1 amide bonds. The zero-order valence-corrected chi connectivity index (χ0v) is 13.2. The van der Waals surface area contributed by atoms with Gasteiger partial charge in [-0.2, -0.15) is 0 Å². The van der Waals surface area contributed by atoms with E-state index in [1.54, 1.807) is 24.3 Å². The highest BCUT2D eigenvalue weighted by Crippen LogP contribution is 2.39. The Balaban J connectivity index is 1.97. The smallest absolute Gasteiger partial charge is 0.220 e. The van der Waals surface area contributed by atoms with Gasteiger partial charge in [0.1, 0.15) is 5.82 Å². The Morgan fingerprint density at radius 1 is 1.05 bits per heavy atom. The maximum Gasteiger partial charge on any atom is 0.220 e. The lowest BCUT2D eigenvalue weighted by Crippen LogP contribution is -2.37. The lowest BCUT2D eigenvalue weighted by molar-refractivity contribution is -0.123. The average molecular weight is 338 g/mol. The second kappa shape index (κ2) is 6.27. The summed E-state index contributed by atoms with van der Waals surface area (Å²) in [5.41, 5.74) is 1.90. The number of benzene rings is 2. The van der Waals surface area contributed by atoms with E-state index < -0.39 is 5.82 Å². The van der Waals surface area contributed by atoms with Crippen LogP contribution in [-0.4, -0.2) is 5.91 Å². The normalized spacial score (nSPS) is 21.5. The van der Waals surface area contributed by atoms with Crippen molar-refractivity contribution in [2.75, 3.05) is 0 Å². The molecule has 22 heavy (non-hydrogen) atoms. The van der Waals surface area contributed by atoms with Crippen molar-refractivity contribution < 1.29 is 9.18 Å². The van der Waals surface area contributed by atoms with Crippen LogP contribution in [0.2, 0.25) is 10.0 Å². The van der Waals surface area contributed by atoms with E-state index in [1.165, 1.54) is 6.07 Å². The van der Waals surface area contributed by atoms with Crippen molar-refractivity contribution in [3.8, 4) is 0 Å². The van der Waals surface area contributed by atoms with Crippen LogP contribution in [-0.2, 0) is 4.79 Å². The Hall–Kier alpha value is -1.58. The first-order valence-electron chi connectivity index (χ1n) is 7.04. The molecule has 0 saturated carbocycles. The van der Waals surface area contributed by atoms with Gasteiger partial charge in [-0.3, -0.25) is 4.79 Å². The van der Waals surface area contributed by atoms with Gasteiger partial charge in [-0.05, 0) is 41.8 Å². The van der Waals surface area contributed by atoms with Gasteiger partial charge in [0, 0.05) is 17.4 Å². The fourth-order valence-corrected chi connectivity index (χ4v) is 3.20. The van der Waals surface area contributed by atoms with Crippen LogP contribution in [0.5, 0.6) is 0 Å². The zero-order valence-electron chi connectivity index (χ0n) is 11.7. The molecule has 3 rings (SSSR count). The number of carbonyl (C=O) groups excluding carboxylic acids is 1. The minimum absolute atomic E-state index is 0.0180. The summed E-state index contributed by atoms with van der Waals surface area (Å²) in [7, 11) is 0. The largest absolute Gasteiger partial charge is 0.349 e. The van der Waals surface area contributed by atoms with Crippen molar-refractivity contribution in [1.29, 1.82) is 0 Å². The van der Waals surface area contributed by atoms with Gasteiger partial charge in [-0.1, -0.05) is 41.4 Å². The summed E-state index contributed by atoms with van der Waals surface area (Å²) in [6, 6.07) is 12.0. The Morgan fingerprint density at radius 3 is 2.41 bits per heavy atom. The summed E-state index contributed by atoms with van der Waals surface area (Å²) in [6.45, 7) is 0. The molecule has 0 radical (unpaired) electrons. The van der Waals surface area contributed by atoms with Crippen LogP contribution in [0.1, 0.15) is 35.9 Å². The molecule has 1 unspecified atom stereocenters. The molecule has 2 aromatic carbocycles. The van der Waals surface area contributed by atoms with Gasteiger partial charge < -0.3 is 5.32 Å². The molecule has 0 spiro atoms. The molecular weight excluding hydrogens is 324 g/mol. The fourth-order valence-electron chi connectivity index (χ4n) is 2.89. The number of amides is 1. The molecule has 0 aliphatic carbocycles. The molecule has 2 atom stereocenters. The molecule has 0 aromatic heterocycles. The minimum Gasteiger partial charge on any atom is -0.349 e. The number of hydrogen-bond donors (Lipinski definition) is 1. The molecule has 2 nitrogen and oxygen atoms in total. The van der Waals surface area contributed by atoms with Gasteiger partial charge in [0.15, 0.2) is 0 Å². The lowest BCUT2D eigenvalue weighted by Gasteiger charge is -2.33. The minimum atomic E-state index is -0.437. The predicted octanol–water partition coefficient (Wildman–Crippen LogP) is 4.87. The van der Waals surface area contributed by atoms with Crippen LogP contribution >= 0.6 is 23.2 Å². The molecule has 1 aliphatic heterocycles. The second-order valence-corrected chi connectivity index (χ2v) is 6.26. The highest BCUT2D eigenvalue weighted by Gasteiger charge is 2.31. The van der Waals surface area contributed by atoms with Crippen LogP contribution in [0.4, 0.5) is 4.39 Å². The van der Waals surface area contributed by atoms with E-state index in [9.17, 15) is 9.18 Å². The predicted molar refractivity (Wildman–Crippen MR) is 85.7 cm³/mol. The topological polar surface area (TPSA) is 29.1 Å². The van der Waals surface area contributed by atoms with Crippen molar-refractivity contribution in [2.45, 2.75) is 24.8 Å². The molecule has 1 saturated heterocycles. The van der Waals surface area contributed by atoms with Gasteiger partial charge >= 0.3 is 0 Å². The van der Waals surface area contributed by atoms with E-state index in [0.29, 0.717) is 17.9 Å². The number of halogens is 3. The summed E-state index contributed by atoms with van der Waals surface area (Å²) in [6.07, 6.45) is 1.14. The molecule has 1 N–H and O–H groups in total. The molecule has 0 bridgehead atoms. The Kier molecular flexibility index (Phi) is 4.37. The number of hydrogen-bond acceptors (Lipinski definition) is 1. The monoisotopic (exact) mass is 337 g/mol. The third-order valence-corrected chi connectivity index (χ3v) is 4.54. The highest BCUT2D eigenvalue weighted by atomic mass is 35.5. The average Bonchev–Trinajstić information content (AvgIpc) is 2.51. The van der Waals surface area contributed by atoms with Crippen molar-refractivity contribution >= 4 is 29.1 Å². The van der Waals surface area contributed by atoms with Gasteiger partial charge in [0.05, 0.1) is 11.1 Å². The quantitative estimate of drug-likeness (QED) is 0.832. The molecular formula is C17H14Cl2FNO. The molecule has 1 heterocycles. The number of piperidine rings is 1. The summed E-state index contributed by atoms with van der Waals surface area (Å²) >= 11 is 11.8. The van der Waals surface area contributed by atoms with E-state index in [-0.39, 0.29) is 22.9 Å². The first-order valence-corrected chi connectivity index (χ1v) is 7.80. The Labute approximate surface area is 138 Å². The standard InChI is InChI=1S/C17H14Cl2FNO/c18-12-4-1-10(2-5-12)17-13(6-8-16(22)21-17)11-3-7-15(20)14(19)9-11/h1-5,7,9,13,17H,6,8H2,(H,21,22)/t13?,17-/m1/s1.